The Balaban J connectivity index is 2.52. The van der Waals surface area contributed by atoms with Gasteiger partial charge in [-0.3, -0.25) is 0 Å². The van der Waals surface area contributed by atoms with Crippen LogP contribution in [-0.2, 0) is 0 Å². The Morgan fingerprint density at radius 2 is 1.92 bits per heavy atom. The van der Waals surface area contributed by atoms with Crippen molar-refractivity contribution in [3.05, 3.63) is 39.8 Å². The maximum Gasteiger partial charge on any atom is 0.126 e. The van der Waals surface area contributed by atoms with E-state index in [1.165, 1.54) is 11.3 Å². The summed E-state index contributed by atoms with van der Waals surface area (Å²) in [5, 5.41) is 1.56. The van der Waals surface area contributed by atoms with E-state index >= 15 is 0 Å². The van der Waals surface area contributed by atoms with Crippen LogP contribution in [-0.4, -0.2) is 4.98 Å². The monoisotopic (exact) mass is 229 g/mol. The van der Waals surface area contributed by atoms with Gasteiger partial charge in [-0.05, 0) is 6.07 Å². The van der Waals surface area contributed by atoms with Crippen molar-refractivity contribution in [1.29, 1.82) is 0 Å². The second-order valence-corrected chi connectivity index (χ2v) is 4.52. The van der Waals surface area contributed by atoms with E-state index in [9.17, 15) is 0 Å². The van der Waals surface area contributed by atoms with Gasteiger partial charge in [0.1, 0.15) is 9.34 Å². The summed E-state index contributed by atoms with van der Waals surface area (Å²) in [6.07, 6.45) is 1.63. The van der Waals surface area contributed by atoms with E-state index in [0.29, 0.717) is 9.36 Å². The van der Waals surface area contributed by atoms with Gasteiger partial charge in [-0.15, -0.1) is 11.3 Å². The SMILES string of the molecule is Clc1cnc(-c2ccccc2Cl)s1. The van der Waals surface area contributed by atoms with Crippen LogP contribution < -0.4 is 0 Å². The smallest absolute Gasteiger partial charge is 0.126 e. The number of hydrogen-bond donors (Lipinski definition) is 0. The van der Waals surface area contributed by atoms with Gasteiger partial charge in [0.25, 0.3) is 0 Å². The normalized spacial score (nSPS) is 10.3. The molecule has 1 nitrogen and oxygen atoms in total. The van der Waals surface area contributed by atoms with Gasteiger partial charge in [0, 0.05) is 5.56 Å². The van der Waals surface area contributed by atoms with E-state index in [1.807, 2.05) is 24.3 Å². The van der Waals surface area contributed by atoms with Crippen LogP contribution in [0.15, 0.2) is 30.5 Å². The van der Waals surface area contributed by atoms with Gasteiger partial charge in [0.15, 0.2) is 0 Å². The summed E-state index contributed by atoms with van der Waals surface area (Å²) in [5.41, 5.74) is 0.932. The molecule has 0 aliphatic heterocycles. The molecule has 0 unspecified atom stereocenters. The molecule has 0 aliphatic rings. The number of nitrogens with zero attached hydrogens (tertiary/aromatic N) is 1. The number of thiazole rings is 1. The van der Waals surface area contributed by atoms with Crippen LogP contribution in [0.3, 0.4) is 0 Å². The lowest BCUT2D eigenvalue weighted by Crippen LogP contribution is -1.75. The molecule has 0 spiro atoms. The Bertz CT molecular complexity index is 425. The van der Waals surface area contributed by atoms with Crippen LogP contribution in [0.1, 0.15) is 0 Å². The lowest BCUT2D eigenvalue weighted by Gasteiger charge is -1.97. The number of benzene rings is 1. The molecule has 0 radical (unpaired) electrons. The first kappa shape index (κ1) is 9.00. The second kappa shape index (κ2) is 3.66. The number of rotatable bonds is 1. The van der Waals surface area contributed by atoms with E-state index in [1.54, 1.807) is 6.20 Å². The van der Waals surface area contributed by atoms with Crippen molar-refractivity contribution in [2.45, 2.75) is 0 Å². The standard InChI is InChI=1S/C9H5Cl2NS/c10-7-4-2-1-3-6(7)9-12-5-8(11)13-9/h1-5H. The molecule has 0 fully saturated rings. The summed E-state index contributed by atoms with van der Waals surface area (Å²) in [5.74, 6) is 0. The largest absolute Gasteiger partial charge is 0.243 e. The molecule has 13 heavy (non-hydrogen) atoms. The molecule has 0 bridgehead atoms. The Hall–Kier alpha value is -0.570. The first-order chi connectivity index (χ1) is 6.27. The minimum Gasteiger partial charge on any atom is -0.243 e. The average Bonchev–Trinajstić information content (AvgIpc) is 2.53. The molecule has 0 aliphatic carbocycles. The summed E-state index contributed by atoms with van der Waals surface area (Å²) in [6, 6.07) is 7.58. The third-order valence-corrected chi connectivity index (χ3v) is 3.06. The fraction of sp³-hybridized carbons (Fsp3) is 0. The fourth-order valence-corrected chi connectivity index (χ4v) is 2.25. The topological polar surface area (TPSA) is 12.9 Å². The Labute approximate surface area is 90.0 Å². The summed E-state index contributed by atoms with van der Waals surface area (Å²) in [6.45, 7) is 0. The summed E-state index contributed by atoms with van der Waals surface area (Å²) < 4.78 is 0.676. The van der Waals surface area contributed by atoms with Crippen LogP contribution in [0.2, 0.25) is 9.36 Å². The molecule has 2 rings (SSSR count). The lowest BCUT2D eigenvalue weighted by atomic mass is 10.2. The quantitative estimate of drug-likeness (QED) is 0.718. The Morgan fingerprint density at radius 1 is 1.15 bits per heavy atom. The van der Waals surface area contributed by atoms with Crippen LogP contribution in [0, 0.1) is 0 Å². The highest BCUT2D eigenvalue weighted by Crippen LogP contribution is 2.32. The van der Waals surface area contributed by atoms with E-state index in [-0.39, 0.29) is 0 Å². The van der Waals surface area contributed by atoms with Crippen LogP contribution in [0.25, 0.3) is 10.6 Å². The van der Waals surface area contributed by atoms with Gasteiger partial charge in [0.05, 0.1) is 11.2 Å². The molecule has 0 atom stereocenters. The van der Waals surface area contributed by atoms with E-state index < -0.39 is 0 Å². The number of aromatic nitrogens is 1. The van der Waals surface area contributed by atoms with Gasteiger partial charge >= 0.3 is 0 Å². The third kappa shape index (κ3) is 1.85. The first-order valence-corrected chi connectivity index (χ1v) is 5.21. The van der Waals surface area contributed by atoms with Crippen molar-refractivity contribution in [1.82, 2.24) is 4.98 Å². The molecule has 66 valence electrons. The minimum absolute atomic E-state index is 0.676. The van der Waals surface area contributed by atoms with Crippen molar-refractivity contribution in [3.63, 3.8) is 0 Å². The van der Waals surface area contributed by atoms with E-state index in [2.05, 4.69) is 4.98 Å². The number of halogens is 2. The van der Waals surface area contributed by atoms with Crippen molar-refractivity contribution >= 4 is 34.5 Å². The molecule has 1 aromatic carbocycles. The zero-order valence-electron chi connectivity index (χ0n) is 6.50. The molecule has 1 aromatic heterocycles. The van der Waals surface area contributed by atoms with Crippen molar-refractivity contribution in [2.75, 3.05) is 0 Å². The van der Waals surface area contributed by atoms with Crippen molar-refractivity contribution in [2.24, 2.45) is 0 Å². The highest BCUT2D eigenvalue weighted by Gasteiger charge is 2.06. The second-order valence-electron chi connectivity index (χ2n) is 2.45. The zero-order valence-corrected chi connectivity index (χ0v) is 8.83. The molecular formula is C9H5Cl2NS. The predicted molar refractivity (Wildman–Crippen MR) is 57.6 cm³/mol. The lowest BCUT2D eigenvalue weighted by molar-refractivity contribution is 1.41. The Morgan fingerprint density at radius 3 is 2.54 bits per heavy atom. The molecule has 0 saturated heterocycles. The molecule has 0 N–H and O–H groups in total. The van der Waals surface area contributed by atoms with Gasteiger partial charge in [-0.1, -0.05) is 41.4 Å². The van der Waals surface area contributed by atoms with Gasteiger partial charge in [0.2, 0.25) is 0 Å². The van der Waals surface area contributed by atoms with Crippen LogP contribution in [0.5, 0.6) is 0 Å². The molecule has 1 heterocycles. The van der Waals surface area contributed by atoms with Crippen LogP contribution in [0.4, 0.5) is 0 Å². The van der Waals surface area contributed by atoms with E-state index in [4.69, 9.17) is 23.2 Å². The highest BCUT2D eigenvalue weighted by atomic mass is 35.5. The maximum absolute atomic E-state index is 5.99. The van der Waals surface area contributed by atoms with E-state index in [0.717, 1.165) is 10.6 Å². The zero-order chi connectivity index (χ0) is 9.26. The summed E-state index contributed by atoms with van der Waals surface area (Å²) in [7, 11) is 0. The third-order valence-electron chi connectivity index (χ3n) is 1.58. The van der Waals surface area contributed by atoms with Gasteiger partial charge in [-0.2, -0.15) is 0 Å². The fourth-order valence-electron chi connectivity index (χ4n) is 1.01. The summed E-state index contributed by atoms with van der Waals surface area (Å²) >= 11 is 13.2. The predicted octanol–water partition coefficient (Wildman–Crippen LogP) is 4.12. The minimum atomic E-state index is 0.676. The molecule has 4 heteroatoms. The van der Waals surface area contributed by atoms with Gasteiger partial charge < -0.3 is 0 Å². The van der Waals surface area contributed by atoms with Gasteiger partial charge in [-0.25, -0.2) is 4.98 Å². The maximum atomic E-state index is 5.99. The first-order valence-electron chi connectivity index (χ1n) is 3.63. The molecule has 0 saturated carbocycles. The van der Waals surface area contributed by atoms with Crippen molar-refractivity contribution in [3.8, 4) is 10.6 Å². The molecule has 0 amide bonds. The van der Waals surface area contributed by atoms with Crippen LogP contribution >= 0.6 is 34.5 Å². The molecule has 2 aromatic rings. The highest BCUT2D eigenvalue weighted by molar-refractivity contribution is 7.18. The molecular weight excluding hydrogens is 225 g/mol. The Kier molecular flexibility index (Phi) is 2.54. The average molecular weight is 230 g/mol. The van der Waals surface area contributed by atoms with Crippen molar-refractivity contribution < 1.29 is 0 Å². The summed E-state index contributed by atoms with van der Waals surface area (Å²) in [4.78, 5) is 4.15. The number of hydrogen-bond acceptors (Lipinski definition) is 2.